The van der Waals surface area contributed by atoms with Crippen molar-refractivity contribution in [1.82, 2.24) is 4.98 Å². The third-order valence-corrected chi connectivity index (χ3v) is 3.79. The number of hydrogen-bond acceptors (Lipinski definition) is 5. The summed E-state index contributed by atoms with van der Waals surface area (Å²) in [6.07, 6.45) is 4.44. The molecule has 0 atom stereocenters. The van der Waals surface area contributed by atoms with E-state index in [-0.39, 0.29) is 0 Å². The van der Waals surface area contributed by atoms with Gasteiger partial charge in [-0.25, -0.2) is 0 Å². The highest BCUT2D eigenvalue weighted by Crippen LogP contribution is 2.30. The molecule has 1 aromatic heterocycles. The molecule has 1 aliphatic rings. The summed E-state index contributed by atoms with van der Waals surface area (Å²) >= 11 is 1.84. The van der Waals surface area contributed by atoms with Crippen LogP contribution in [-0.2, 0) is 0 Å². The number of thioether (sulfide) groups is 1. The number of anilines is 2. The van der Waals surface area contributed by atoms with Crippen molar-refractivity contribution in [2.45, 2.75) is 12.8 Å². The SMILES string of the molecule is C=CCSCCNc1ccc(N)c(OCC2CC2)n1. The van der Waals surface area contributed by atoms with Gasteiger partial charge in [-0.2, -0.15) is 16.7 Å². The molecule has 0 bridgehead atoms. The molecule has 1 aliphatic carbocycles. The van der Waals surface area contributed by atoms with Gasteiger partial charge in [-0.15, -0.1) is 6.58 Å². The highest BCUT2D eigenvalue weighted by atomic mass is 32.2. The van der Waals surface area contributed by atoms with Crippen LogP contribution >= 0.6 is 11.8 Å². The first-order valence-electron chi connectivity index (χ1n) is 6.61. The lowest BCUT2D eigenvalue weighted by Gasteiger charge is -2.10. The fourth-order valence-electron chi connectivity index (χ4n) is 1.56. The molecule has 0 aliphatic heterocycles. The number of pyridine rings is 1. The molecule has 0 amide bonds. The van der Waals surface area contributed by atoms with Gasteiger partial charge in [0.15, 0.2) is 0 Å². The van der Waals surface area contributed by atoms with Crippen LogP contribution in [0.4, 0.5) is 11.5 Å². The number of rotatable bonds is 9. The van der Waals surface area contributed by atoms with E-state index in [1.807, 2.05) is 30.0 Å². The quantitative estimate of drug-likeness (QED) is 0.537. The molecule has 4 nitrogen and oxygen atoms in total. The molecule has 104 valence electrons. The zero-order valence-electron chi connectivity index (χ0n) is 11.1. The maximum Gasteiger partial charge on any atom is 0.239 e. The number of nitrogen functional groups attached to an aromatic ring is 1. The predicted octanol–water partition coefficient (Wildman–Crippen LogP) is 2.78. The number of aromatic nitrogens is 1. The van der Waals surface area contributed by atoms with Crippen molar-refractivity contribution in [3.63, 3.8) is 0 Å². The second-order valence-electron chi connectivity index (χ2n) is 4.64. The number of hydrogen-bond donors (Lipinski definition) is 2. The predicted molar refractivity (Wildman–Crippen MR) is 82.9 cm³/mol. The van der Waals surface area contributed by atoms with Gasteiger partial charge in [-0.3, -0.25) is 0 Å². The largest absolute Gasteiger partial charge is 0.476 e. The molecule has 1 fully saturated rings. The van der Waals surface area contributed by atoms with E-state index in [9.17, 15) is 0 Å². The summed E-state index contributed by atoms with van der Waals surface area (Å²) in [6, 6.07) is 3.73. The number of ether oxygens (including phenoxy) is 1. The molecule has 0 saturated heterocycles. The molecular weight excluding hydrogens is 258 g/mol. The van der Waals surface area contributed by atoms with E-state index in [1.54, 1.807) is 0 Å². The molecule has 0 radical (unpaired) electrons. The highest BCUT2D eigenvalue weighted by Gasteiger charge is 2.22. The smallest absolute Gasteiger partial charge is 0.239 e. The summed E-state index contributed by atoms with van der Waals surface area (Å²) < 4.78 is 5.65. The summed E-state index contributed by atoms with van der Waals surface area (Å²) in [5.74, 6) is 4.08. The van der Waals surface area contributed by atoms with Crippen molar-refractivity contribution >= 4 is 23.3 Å². The second-order valence-corrected chi connectivity index (χ2v) is 5.79. The van der Waals surface area contributed by atoms with Crippen LogP contribution < -0.4 is 15.8 Å². The van der Waals surface area contributed by atoms with Gasteiger partial charge in [-0.1, -0.05) is 6.08 Å². The van der Waals surface area contributed by atoms with Crippen LogP contribution in [0.1, 0.15) is 12.8 Å². The van der Waals surface area contributed by atoms with Crippen LogP contribution in [0.3, 0.4) is 0 Å². The molecule has 0 aromatic carbocycles. The Balaban J connectivity index is 1.79. The lowest BCUT2D eigenvalue weighted by Crippen LogP contribution is -2.09. The van der Waals surface area contributed by atoms with Crippen molar-refractivity contribution in [2.75, 3.05) is 35.7 Å². The molecule has 1 heterocycles. The van der Waals surface area contributed by atoms with E-state index < -0.39 is 0 Å². The zero-order chi connectivity index (χ0) is 13.5. The molecule has 3 N–H and O–H groups in total. The van der Waals surface area contributed by atoms with Gasteiger partial charge in [-0.05, 0) is 30.9 Å². The Hall–Kier alpha value is -1.36. The average molecular weight is 279 g/mol. The lowest BCUT2D eigenvalue weighted by molar-refractivity contribution is 0.290. The van der Waals surface area contributed by atoms with Gasteiger partial charge >= 0.3 is 0 Å². The Morgan fingerprint density at radius 2 is 2.37 bits per heavy atom. The minimum atomic E-state index is 0.552. The fourth-order valence-corrected chi connectivity index (χ4v) is 2.14. The molecular formula is C14H21N3OS. The average Bonchev–Trinajstić information content (AvgIpc) is 3.23. The van der Waals surface area contributed by atoms with Gasteiger partial charge in [0.05, 0.1) is 12.3 Å². The van der Waals surface area contributed by atoms with Crippen LogP contribution in [-0.4, -0.2) is 29.6 Å². The van der Waals surface area contributed by atoms with Crippen LogP contribution in [0.2, 0.25) is 0 Å². The van der Waals surface area contributed by atoms with E-state index in [0.29, 0.717) is 17.5 Å². The standard InChI is InChI=1S/C14H21N3OS/c1-2-8-19-9-7-16-13-6-5-12(15)14(17-13)18-10-11-3-4-11/h2,5-6,11H,1,3-4,7-10,15H2,(H,16,17). The Morgan fingerprint density at radius 1 is 1.53 bits per heavy atom. The third kappa shape index (κ3) is 5.03. The van der Waals surface area contributed by atoms with Crippen molar-refractivity contribution in [3.05, 3.63) is 24.8 Å². The highest BCUT2D eigenvalue weighted by molar-refractivity contribution is 7.99. The Bertz CT molecular complexity index is 421. The van der Waals surface area contributed by atoms with Crippen molar-refractivity contribution in [1.29, 1.82) is 0 Å². The number of nitrogens with zero attached hydrogens (tertiary/aromatic N) is 1. The van der Waals surface area contributed by atoms with Crippen LogP contribution in [0, 0.1) is 5.92 Å². The van der Waals surface area contributed by atoms with Crippen LogP contribution in [0.25, 0.3) is 0 Å². The Kier molecular flexibility index (Phi) is 5.39. The summed E-state index contributed by atoms with van der Waals surface area (Å²) in [5, 5.41) is 3.27. The van der Waals surface area contributed by atoms with Gasteiger partial charge in [0.25, 0.3) is 0 Å². The van der Waals surface area contributed by atoms with Gasteiger partial charge in [0.1, 0.15) is 5.82 Å². The van der Waals surface area contributed by atoms with E-state index in [4.69, 9.17) is 10.5 Å². The van der Waals surface area contributed by atoms with Gasteiger partial charge in [0, 0.05) is 18.1 Å². The maximum atomic E-state index is 5.86. The Labute approximate surface area is 118 Å². The van der Waals surface area contributed by atoms with E-state index in [2.05, 4.69) is 16.9 Å². The topological polar surface area (TPSA) is 60.2 Å². The molecule has 5 heteroatoms. The summed E-state index contributed by atoms with van der Waals surface area (Å²) in [6.45, 7) is 5.30. The molecule has 19 heavy (non-hydrogen) atoms. The van der Waals surface area contributed by atoms with Crippen molar-refractivity contribution in [3.8, 4) is 5.88 Å². The van der Waals surface area contributed by atoms with E-state index in [1.165, 1.54) is 12.8 Å². The minimum absolute atomic E-state index is 0.552. The minimum Gasteiger partial charge on any atom is -0.476 e. The lowest BCUT2D eigenvalue weighted by atomic mass is 10.4. The third-order valence-electron chi connectivity index (χ3n) is 2.83. The second kappa shape index (κ2) is 7.28. The van der Waals surface area contributed by atoms with Crippen LogP contribution in [0.5, 0.6) is 5.88 Å². The first kappa shape index (κ1) is 14.1. The van der Waals surface area contributed by atoms with Gasteiger partial charge in [0.2, 0.25) is 5.88 Å². The van der Waals surface area contributed by atoms with Gasteiger partial charge < -0.3 is 15.8 Å². The number of nitrogens with two attached hydrogens (primary N) is 1. The zero-order valence-corrected chi connectivity index (χ0v) is 11.9. The van der Waals surface area contributed by atoms with Crippen molar-refractivity contribution < 1.29 is 4.74 Å². The Morgan fingerprint density at radius 3 is 3.11 bits per heavy atom. The molecule has 1 saturated carbocycles. The summed E-state index contributed by atoms with van der Waals surface area (Å²) in [4.78, 5) is 4.40. The van der Waals surface area contributed by atoms with Crippen LogP contribution in [0.15, 0.2) is 24.8 Å². The molecule has 1 aromatic rings. The first-order chi connectivity index (χ1) is 9.29. The molecule has 0 spiro atoms. The first-order valence-corrected chi connectivity index (χ1v) is 7.77. The summed E-state index contributed by atoms with van der Waals surface area (Å²) in [5.41, 5.74) is 6.46. The number of nitrogens with one attached hydrogen (secondary N) is 1. The molecule has 2 rings (SSSR count). The normalized spacial score (nSPS) is 14.1. The van der Waals surface area contributed by atoms with E-state index in [0.717, 1.165) is 30.5 Å². The maximum absolute atomic E-state index is 5.86. The fraction of sp³-hybridized carbons (Fsp3) is 0.500. The van der Waals surface area contributed by atoms with Crippen molar-refractivity contribution in [2.24, 2.45) is 5.92 Å². The molecule has 0 unspecified atom stereocenters. The van der Waals surface area contributed by atoms with E-state index >= 15 is 0 Å². The monoisotopic (exact) mass is 279 g/mol. The summed E-state index contributed by atoms with van der Waals surface area (Å²) in [7, 11) is 0.